The number of fused-ring (bicyclic) bond motifs is 1. The predicted octanol–water partition coefficient (Wildman–Crippen LogP) is 4.00. The summed E-state index contributed by atoms with van der Waals surface area (Å²) in [7, 11) is 0. The molecule has 0 aliphatic rings. The summed E-state index contributed by atoms with van der Waals surface area (Å²) in [5.41, 5.74) is -1.26. The number of H-pyrrole nitrogens is 1. The smallest absolute Gasteiger partial charge is 0.422 e. The van der Waals surface area contributed by atoms with Gasteiger partial charge in [-0.05, 0) is 31.5 Å². The van der Waals surface area contributed by atoms with Crippen LogP contribution in [0.1, 0.15) is 29.9 Å². The van der Waals surface area contributed by atoms with Crippen LogP contribution >= 0.6 is 0 Å². The molecule has 0 bridgehead atoms. The maximum absolute atomic E-state index is 12.8. The molecule has 6 nitrogen and oxygen atoms in total. The third-order valence-electron chi connectivity index (χ3n) is 4.11. The number of ether oxygens (including phenoxy) is 1. The lowest BCUT2D eigenvalue weighted by Gasteiger charge is -2.15. The molecular formula is C17H14F6N4O2. The minimum absolute atomic E-state index is 0.0455. The second kappa shape index (κ2) is 7.08. The standard InChI is InChI=1S/C17H14F6N4O2/c1-8(10-3-5-11(6-4-10)17(21,22)23)27-13-12(14(28)25-9(2)24-13)15(26-27)29-7-16(18,19)20/h3-6,8H,7H2,1-2H3,(H,24,25,28). The normalized spacial score (nSPS) is 13.7. The Balaban J connectivity index is 2.07. The molecule has 2 aromatic heterocycles. The molecule has 0 saturated heterocycles. The van der Waals surface area contributed by atoms with Gasteiger partial charge in [0.2, 0.25) is 5.88 Å². The van der Waals surface area contributed by atoms with Gasteiger partial charge in [-0.1, -0.05) is 12.1 Å². The Morgan fingerprint density at radius 1 is 1.14 bits per heavy atom. The Labute approximate surface area is 159 Å². The Morgan fingerprint density at radius 2 is 1.76 bits per heavy atom. The number of alkyl halides is 6. The van der Waals surface area contributed by atoms with Gasteiger partial charge in [-0.25, -0.2) is 9.67 Å². The van der Waals surface area contributed by atoms with Crippen LogP contribution in [0.5, 0.6) is 5.88 Å². The second-order valence-corrected chi connectivity index (χ2v) is 6.30. The molecule has 1 unspecified atom stereocenters. The first kappa shape index (κ1) is 20.7. The highest BCUT2D eigenvalue weighted by Gasteiger charge is 2.32. The molecular weight excluding hydrogens is 406 g/mol. The molecule has 3 rings (SSSR count). The minimum Gasteiger partial charge on any atom is -0.466 e. The van der Waals surface area contributed by atoms with Crippen molar-refractivity contribution < 1.29 is 31.1 Å². The number of aromatic nitrogens is 4. The summed E-state index contributed by atoms with van der Waals surface area (Å²) in [6, 6.07) is 3.46. The highest BCUT2D eigenvalue weighted by atomic mass is 19.4. The number of benzene rings is 1. The summed E-state index contributed by atoms with van der Waals surface area (Å²) in [6.45, 7) is 1.36. The summed E-state index contributed by atoms with van der Waals surface area (Å²) in [6.07, 6.45) is -9.16. The Kier molecular flexibility index (Phi) is 5.05. The van der Waals surface area contributed by atoms with Gasteiger partial charge in [-0.15, -0.1) is 5.10 Å². The minimum atomic E-state index is -4.65. The van der Waals surface area contributed by atoms with Crippen molar-refractivity contribution in [2.75, 3.05) is 6.61 Å². The van der Waals surface area contributed by atoms with Crippen LogP contribution in [-0.4, -0.2) is 32.5 Å². The van der Waals surface area contributed by atoms with Gasteiger partial charge >= 0.3 is 12.4 Å². The zero-order valence-electron chi connectivity index (χ0n) is 15.0. The van der Waals surface area contributed by atoms with Crippen LogP contribution < -0.4 is 10.3 Å². The monoisotopic (exact) mass is 420 g/mol. The van der Waals surface area contributed by atoms with Gasteiger partial charge in [0.05, 0.1) is 11.6 Å². The van der Waals surface area contributed by atoms with Crippen LogP contribution in [0.25, 0.3) is 11.0 Å². The van der Waals surface area contributed by atoms with Crippen LogP contribution in [0, 0.1) is 6.92 Å². The van der Waals surface area contributed by atoms with Crippen LogP contribution in [0.2, 0.25) is 0 Å². The molecule has 12 heteroatoms. The molecule has 0 amide bonds. The van der Waals surface area contributed by atoms with E-state index in [-0.39, 0.29) is 16.9 Å². The maximum Gasteiger partial charge on any atom is 0.422 e. The van der Waals surface area contributed by atoms with E-state index in [1.807, 2.05) is 0 Å². The summed E-state index contributed by atoms with van der Waals surface area (Å²) < 4.78 is 81.6. The highest BCUT2D eigenvalue weighted by Crippen LogP contribution is 2.32. The van der Waals surface area contributed by atoms with Crippen molar-refractivity contribution >= 4 is 11.0 Å². The molecule has 1 atom stereocenters. The maximum atomic E-state index is 12.8. The molecule has 29 heavy (non-hydrogen) atoms. The molecule has 0 aliphatic heterocycles. The Bertz CT molecular complexity index is 1080. The molecule has 0 radical (unpaired) electrons. The van der Waals surface area contributed by atoms with Crippen molar-refractivity contribution in [2.24, 2.45) is 0 Å². The van der Waals surface area contributed by atoms with Gasteiger partial charge in [0.1, 0.15) is 11.2 Å². The lowest BCUT2D eigenvalue weighted by Crippen LogP contribution is -2.20. The van der Waals surface area contributed by atoms with Crippen LogP contribution in [0.3, 0.4) is 0 Å². The Hall–Kier alpha value is -3.05. The lowest BCUT2D eigenvalue weighted by molar-refractivity contribution is -0.154. The first-order valence-corrected chi connectivity index (χ1v) is 8.22. The average Bonchev–Trinajstić information content (AvgIpc) is 2.97. The van der Waals surface area contributed by atoms with E-state index < -0.39 is 42.0 Å². The molecule has 2 heterocycles. The molecule has 3 aromatic rings. The van der Waals surface area contributed by atoms with E-state index in [0.29, 0.717) is 5.56 Å². The number of rotatable bonds is 4. The quantitative estimate of drug-likeness (QED) is 0.648. The van der Waals surface area contributed by atoms with Gasteiger partial charge in [0.25, 0.3) is 5.56 Å². The predicted molar refractivity (Wildman–Crippen MR) is 89.7 cm³/mol. The van der Waals surface area contributed by atoms with Gasteiger partial charge in [0, 0.05) is 0 Å². The van der Waals surface area contributed by atoms with Crippen molar-refractivity contribution in [1.82, 2.24) is 19.7 Å². The molecule has 0 spiro atoms. The number of halogens is 6. The van der Waals surface area contributed by atoms with E-state index in [1.54, 1.807) is 6.92 Å². The fourth-order valence-corrected chi connectivity index (χ4v) is 2.74. The van der Waals surface area contributed by atoms with Gasteiger partial charge in [-0.2, -0.15) is 26.3 Å². The van der Waals surface area contributed by atoms with E-state index in [1.165, 1.54) is 19.1 Å². The van der Waals surface area contributed by atoms with E-state index in [0.717, 1.165) is 16.8 Å². The second-order valence-electron chi connectivity index (χ2n) is 6.30. The summed E-state index contributed by atoms with van der Waals surface area (Å²) >= 11 is 0. The van der Waals surface area contributed by atoms with E-state index >= 15 is 0 Å². The van der Waals surface area contributed by atoms with Crippen molar-refractivity contribution in [1.29, 1.82) is 0 Å². The van der Waals surface area contributed by atoms with Gasteiger partial charge in [0.15, 0.2) is 12.3 Å². The lowest BCUT2D eigenvalue weighted by atomic mass is 10.1. The van der Waals surface area contributed by atoms with E-state index in [2.05, 4.69) is 19.8 Å². The fraction of sp³-hybridized carbons (Fsp3) is 0.353. The van der Waals surface area contributed by atoms with Crippen LogP contribution in [-0.2, 0) is 6.18 Å². The number of aromatic amines is 1. The molecule has 1 N–H and O–H groups in total. The molecule has 0 aliphatic carbocycles. The third kappa shape index (κ3) is 4.35. The molecule has 0 saturated carbocycles. The number of nitrogens with zero attached hydrogens (tertiary/aromatic N) is 3. The van der Waals surface area contributed by atoms with Crippen molar-refractivity contribution in [3.63, 3.8) is 0 Å². The fourth-order valence-electron chi connectivity index (χ4n) is 2.74. The van der Waals surface area contributed by atoms with Crippen molar-refractivity contribution in [3.8, 4) is 5.88 Å². The van der Waals surface area contributed by atoms with Crippen LogP contribution in [0.15, 0.2) is 29.1 Å². The number of aryl methyl sites for hydroxylation is 1. The molecule has 1 aromatic carbocycles. The van der Waals surface area contributed by atoms with Crippen molar-refractivity contribution in [2.45, 2.75) is 32.2 Å². The van der Waals surface area contributed by atoms with E-state index in [4.69, 9.17) is 0 Å². The van der Waals surface area contributed by atoms with Crippen molar-refractivity contribution in [3.05, 3.63) is 51.6 Å². The summed E-state index contributed by atoms with van der Waals surface area (Å²) in [5.74, 6) is -0.379. The zero-order chi connectivity index (χ0) is 21.6. The molecule has 0 fully saturated rings. The Morgan fingerprint density at radius 3 is 2.31 bits per heavy atom. The topological polar surface area (TPSA) is 72.8 Å². The van der Waals surface area contributed by atoms with E-state index in [9.17, 15) is 31.1 Å². The summed E-state index contributed by atoms with van der Waals surface area (Å²) in [5, 5.41) is 3.65. The molecule has 156 valence electrons. The van der Waals surface area contributed by atoms with Crippen LogP contribution in [0.4, 0.5) is 26.3 Å². The largest absolute Gasteiger partial charge is 0.466 e. The number of hydrogen-bond donors (Lipinski definition) is 1. The first-order valence-electron chi connectivity index (χ1n) is 8.22. The first-order chi connectivity index (χ1) is 13.4. The number of hydrogen-bond acceptors (Lipinski definition) is 4. The average molecular weight is 420 g/mol. The zero-order valence-corrected chi connectivity index (χ0v) is 15.0. The highest BCUT2D eigenvalue weighted by molar-refractivity contribution is 5.80. The summed E-state index contributed by atoms with van der Waals surface area (Å²) in [4.78, 5) is 18.7. The van der Waals surface area contributed by atoms with Gasteiger partial charge in [-0.3, -0.25) is 4.79 Å². The van der Waals surface area contributed by atoms with Gasteiger partial charge < -0.3 is 9.72 Å². The third-order valence-corrected chi connectivity index (χ3v) is 4.11. The number of nitrogens with one attached hydrogen (secondary N) is 1. The SMILES string of the molecule is Cc1nc2c(c(OCC(F)(F)F)nn2C(C)c2ccc(C(F)(F)F)cc2)c(=O)[nH]1.